The van der Waals surface area contributed by atoms with Crippen LogP contribution in [0.15, 0.2) is 29.3 Å². The van der Waals surface area contributed by atoms with Crippen LogP contribution in [0.3, 0.4) is 0 Å². The summed E-state index contributed by atoms with van der Waals surface area (Å²) in [4.78, 5) is 12.3. The number of ether oxygens (including phenoxy) is 1. The van der Waals surface area contributed by atoms with E-state index in [0.717, 1.165) is 55.4 Å². The number of hydrogen-bond donors (Lipinski definition) is 3. The Morgan fingerprint density at radius 3 is 2.70 bits per heavy atom. The molecule has 1 aliphatic carbocycles. The summed E-state index contributed by atoms with van der Waals surface area (Å²) >= 11 is 0. The lowest BCUT2D eigenvalue weighted by Gasteiger charge is -2.16. The number of aromatic amines is 1. The highest BCUT2D eigenvalue weighted by Gasteiger charge is 2.12. The largest absolute Gasteiger partial charge is 0.376 e. The van der Waals surface area contributed by atoms with Crippen molar-refractivity contribution in [2.45, 2.75) is 57.5 Å². The molecule has 2 aromatic rings. The van der Waals surface area contributed by atoms with Gasteiger partial charge in [-0.15, -0.1) is 0 Å². The molecule has 0 bridgehead atoms. The molecule has 3 N–H and O–H groups in total. The first-order valence-corrected chi connectivity index (χ1v) is 10.3. The number of H-pyrrole nitrogens is 1. The van der Waals surface area contributed by atoms with Crippen LogP contribution in [0.1, 0.15) is 50.8 Å². The predicted octanol–water partition coefficient (Wildman–Crippen LogP) is 3.40. The molecule has 27 heavy (non-hydrogen) atoms. The van der Waals surface area contributed by atoms with E-state index in [4.69, 9.17) is 4.74 Å². The number of benzene rings is 1. The molecule has 0 atom stereocenters. The number of aryl methyl sites for hydroxylation is 1. The van der Waals surface area contributed by atoms with Crippen molar-refractivity contribution in [3.05, 3.63) is 30.1 Å². The summed E-state index contributed by atoms with van der Waals surface area (Å²) in [5, 5.41) is 6.70. The van der Waals surface area contributed by atoms with Crippen LogP contribution in [0.5, 0.6) is 0 Å². The van der Waals surface area contributed by atoms with Gasteiger partial charge in [0.25, 0.3) is 0 Å². The molecule has 0 amide bonds. The van der Waals surface area contributed by atoms with E-state index >= 15 is 0 Å². The number of fused-ring (bicyclic) bond motifs is 1. The smallest absolute Gasteiger partial charge is 0.191 e. The van der Waals surface area contributed by atoms with E-state index in [-0.39, 0.29) is 0 Å². The van der Waals surface area contributed by atoms with E-state index in [2.05, 4.69) is 31.7 Å². The minimum atomic E-state index is 0.452. The van der Waals surface area contributed by atoms with Crippen LogP contribution in [0, 0.1) is 0 Å². The van der Waals surface area contributed by atoms with Crippen LogP contribution >= 0.6 is 0 Å². The average molecular weight is 372 g/mol. The molecule has 6 heteroatoms. The highest BCUT2D eigenvalue weighted by atomic mass is 16.5. The lowest BCUT2D eigenvalue weighted by atomic mass is 10.1. The fraction of sp³-hybridized carbons (Fsp3) is 0.619. The van der Waals surface area contributed by atoms with E-state index in [0.29, 0.717) is 6.10 Å². The van der Waals surface area contributed by atoms with Gasteiger partial charge in [0.2, 0.25) is 0 Å². The summed E-state index contributed by atoms with van der Waals surface area (Å²) in [6.45, 7) is 2.39. The topological polar surface area (TPSA) is 74.3 Å². The van der Waals surface area contributed by atoms with Crippen LogP contribution in [-0.2, 0) is 11.2 Å². The molecule has 3 rings (SSSR count). The number of hydrogen-bond acceptors (Lipinski definition) is 3. The number of nitrogens with one attached hydrogen (secondary N) is 3. The van der Waals surface area contributed by atoms with Gasteiger partial charge < -0.3 is 20.4 Å². The Hall–Kier alpha value is -2.08. The van der Waals surface area contributed by atoms with Crippen molar-refractivity contribution in [1.29, 1.82) is 0 Å². The standard InChI is InChI=1S/C21H33N5O/c1-22-21(24-15-16-27-17-9-4-2-3-5-10-17)23-14-8-13-20-25-18-11-6-7-12-19(18)26-20/h6-7,11-12,17H,2-5,8-10,13-16H2,1H3,(H,25,26)(H2,22,23,24). The lowest BCUT2D eigenvalue weighted by Crippen LogP contribution is -2.39. The van der Waals surface area contributed by atoms with Crippen LogP contribution in [-0.4, -0.2) is 48.8 Å². The molecule has 0 saturated heterocycles. The van der Waals surface area contributed by atoms with Gasteiger partial charge in [-0.05, 0) is 31.4 Å². The van der Waals surface area contributed by atoms with E-state index in [9.17, 15) is 0 Å². The Morgan fingerprint density at radius 2 is 1.93 bits per heavy atom. The number of rotatable bonds is 8. The Labute approximate surface area is 162 Å². The molecule has 1 heterocycles. The van der Waals surface area contributed by atoms with E-state index in [1.165, 1.54) is 38.5 Å². The maximum atomic E-state index is 6.01. The molecule has 1 aromatic carbocycles. The van der Waals surface area contributed by atoms with Crippen molar-refractivity contribution < 1.29 is 4.74 Å². The predicted molar refractivity (Wildman–Crippen MR) is 111 cm³/mol. The van der Waals surface area contributed by atoms with Crippen molar-refractivity contribution in [3.63, 3.8) is 0 Å². The van der Waals surface area contributed by atoms with E-state index < -0.39 is 0 Å². The molecule has 0 unspecified atom stereocenters. The molecule has 1 saturated carbocycles. The van der Waals surface area contributed by atoms with Gasteiger partial charge in [-0.1, -0.05) is 37.8 Å². The molecule has 148 valence electrons. The maximum absolute atomic E-state index is 6.01. The second kappa shape index (κ2) is 10.9. The van der Waals surface area contributed by atoms with Gasteiger partial charge in [0.15, 0.2) is 5.96 Å². The van der Waals surface area contributed by atoms with Gasteiger partial charge in [0.1, 0.15) is 5.82 Å². The van der Waals surface area contributed by atoms with Gasteiger partial charge >= 0.3 is 0 Å². The lowest BCUT2D eigenvalue weighted by molar-refractivity contribution is 0.0468. The Balaban J connectivity index is 1.28. The van der Waals surface area contributed by atoms with E-state index in [1.807, 2.05) is 18.2 Å². The van der Waals surface area contributed by atoms with Crippen molar-refractivity contribution >= 4 is 17.0 Å². The Morgan fingerprint density at radius 1 is 1.15 bits per heavy atom. The summed E-state index contributed by atoms with van der Waals surface area (Å²) < 4.78 is 6.01. The van der Waals surface area contributed by atoms with E-state index in [1.54, 1.807) is 7.05 Å². The van der Waals surface area contributed by atoms with Crippen LogP contribution in [0.2, 0.25) is 0 Å². The minimum absolute atomic E-state index is 0.452. The second-order valence-electron chi connectivity index (χ2n) is 7.21. The van der Waals surface area contributed by atoms with Crippen LogP contribution in [0.4, 0.5) is 0 Å². The van der Waals surface area contributed by atoms with Crippen molar-refractivity contribution in [2.24, 2.45) is 4.99 Å². The quantitative estimate of drug-likeness (QED) is 0.288. The minimum Gasteiger partial charge on any atom is -0.376 e. The number of para-hydroxylation sites is 2. The maximum Gasteiger partial charge on any atom is 0.191 e. The number of guanidine groups is 1. The number of aliphatic imine (C=N–C) groups is 1. The van der Waals surface area contributed by atoms with Crippen LogP contribution < -0.4 is 10.6 Å². The van der Waals surface area contributed by atoms with Gasteiger partial charge in [0, 0.05) is 26.6 Å². The van der Waals surface area contributed by atoms with Crippen molar-refractivity contribution in [1.82, 2.24) is 20.6 Å². The molecule has 0 aliphatic heterocycles. The van der Waals surface area contributed by atoms with Gasteiger partial charge in [-0.2, -0.15) is 0 Å². The van der Waals surface area contributed by atoms with Gasteiger partial charge in [0.05, 0.1) is 23.7 Å². The molecule has 0 spiro atoms. The molecule has 1 fully saturated rings. The summed E-state index contributed by atoms with van der Waals surface area (Å²) in [5.74, 6) is 1.88. The SMILES string of the molecule is CN=C(NCCCc1nc2ccccc2[nH]1)NCCOC1CCCCCC1. The first-order chi connectivity index (χ1) is 13.3. The third-order valence-corrected chi connectivity index (χ3v) is 5.10. The third kappa shape index (κ3) is 6.54. The average Bonchev–Trinajstić information content (AvgIpc) is 2.93. The molecule has 6 nitrogen and oxygen atoms in total. The zero-order valence-electron chi connectivity index (χ0n) is 16.5. The highest BCUT2D eigenvalue weighted by molar-refractivity contribution is 5.79. The summed E-state index contributed by atoms with van der Waals surface area (Å²) in [5.41, 5.74) is 2.14. The molecule has 1 aliphatic rings. The summed E-state index contributed by atoms with van der Waals surface area (Å²) in [6.07, 6.45) is 10.2. The summed E-state index contributed by atoms with van der Waals surface area (Å²) in [7, 11) is 1.81. The zero-order valence-corrected chi connectivity index (χ0v) is 16.5. The fourth-order valence-electron chi connectivity index (χ4n) is 3.61. The first kappa shape index (κ1) is 19.7. The number of imidazole rings is 1. The van der Waals surface area contributed by atoms with Gasteiger partial charge in [-0.3, -0.25) is 4.99 Å². The molecule has 1 aromatic heterocycles. The van der Waals surface area contributed by atoms with Crippen LogP contribution in [0.25, 0.3) is 11.0 Å². The summed E-state index contributed by atoms with van der Waals surface area (Å²) in [6, 6.07) is 8.15. The molecular weight excluding hydrogens is 338 g/mol. The van der Waals surface area contributed by atoms with Gasteiger partial charge in [-0.25, -0.2) is 4.98 Å². The normalized spacial score (nSPS) is 16.4. The fourth-order valence-corrected chi connectivity index (χ4v) is 3.61. The van der Waals surface area contributed by atoms with Crippen molar-refractivity contribution in [3.8, 4) is 0 Å². The zero-order chi connectivity index (χ0) is 18.7. The molecular formula is C21H33N5O. The number of nitrogens with zero attached hydrogens (tertiary/aromatic N) is 2. The highest BCUT2D eigenvalue weighted by Crippen LogP contribution is 2.19. The first-order valence-electron chi connectivity index (χ1n) is 10.3. The Kier molecular flexibility index (Phi) is 7.96. The second-order valence-corrected chi connectivity index (χ2v) is 7.21. The Bertz CT molecular complexity index is 670. The number of aromatic nitrogens is 2. The third-order valence-electron chi connectivity index (χ3n) is 5.10. The molecule has 0 radical (unpaired) electrons. The van der Waals surface area contributed by atoms with Crippen molar-refractivity contribution in [2.75, 3.05) is 26.7 Å². The monoisotopic (exact) mass is 371 g/mol.